The molecule has 1 N–H and O–H groups in total. The first-order valence-corrected chi connectivity index (χ1v) is 7.69. The summed E-state index contributed by atoms with van der Waals surface area (Å²) in [6.45, 7) is 1.67. The minimum Gasteiger partial charge on any atom is -0.396 e. The van der Waals surface area contributed by atoms with Crippen LogP contribution in [0.3, 0.4) is 0 Å². The molecule has 0 spiro atoms. The summed E-state index contributed by atoms with van der Waals surface area (Å²) < 4.78 is 0. The third-order valence-electron chi connectivity index (χ3n) is 4.25. The number of benzene rings is 1. The fourth-order valence-corrected chi connectivity index (χ4v) is 2.86. The molecule has 0 saturated carbocycles. The van der Waals surface area contributed by atoms with Gasteiger partial charge in [0.25, 0.3) is 0 Å². The number of amides is 1. The van der Waals surface area contributed by atoms with Gasteiger partial charge in [-0.2, -0.15) is 0 Å². The summed E-state index contributed by atoms with van der Waals surface area (Å²) in [4.78, 5) is 18.5. The largest absolute Gasteiger partial charge is 0.396 e. The van der Waals surface area contributed by atoms with Crippen molar-refractivity contribution in [2.75, 3.05) is 19.7 Å². The van der Waals surface area contributed by atoms with Crippen LogP contribution in [0.4, 0.5) is 0 Å². The Morgan fingerprint density at radius 3 is 2.82 bits per heavy atom. The van der Waals surface area contributed by atoms with Crippen molar-refractivity contribution in [3.8, 4) is 0 Å². The molecule has 1 aliphatic rings. The summed E-state index contributed by atoms with van der Waals surface area (Å²) in [7, 11) is 0. The number of hydrogen-bond donors (Lipinski definition) is 1. The molecule has 2 aromatic rings. The Balaban J connectivity index is 1.72. The van der Waals surface area contributed by atoms with Gasteiger partial charge in [0, 0.05) is 42.9 Å². The van der Waals surface area contributed by atoms with Crippen LogP contribution in [0, 0.1) is 5.92 Å². The van der Waals surface area contributed by atoms with E-state index < -0.39 is 0 Å². The number of aliphatic hydroxyl groups excluding tert-OH is 1. The molecule has 1 aliphatic heterocycles. The molecule has 1 fully saturated rings. The van der Waals surface area contributed by atoms with Crippen LogP contribution in [-0.4, -0.2) is 40.6 Å². The fraction of sp³-hybridized carbons (Fsp3) is 0.333. The van der Waals surface area contributed by atoms with Crippen molar-refractivity contribution in [3.63, 3.8) is 0 Å². The highest BCUT2D eigenvalue weighted by Gasteiger charge is 2.20. The van der Waals surface area contributed by atoms with E-state index in [2.05, 4.69) is 4.98 Å². The Morgan fingerprint density at radius 2 is 2.05 bits per heavy atom. The van der Waals surface area contributed by atoms with Crippen molar-refractivity contribution in [2.24, 2.45) is 5.92 Å². The van der Waals surface area contributed by atoms with Gasteiger partial charge < -0.3 is 10.0 Å². The standard InChI is InChI=1S/C18H20N2O2/c21-13-14-8-11-20(12-9-14)17(22)7-6-16-4-1-3-15-5-2-10-19-18(15)16/h1-7,10,14,21H,8-9,11-13H2/b7-6+. The Labute approximate surface area is 130 Å². The molecule has 4 nitrogen and oxygen atoms in total. The first-order valence-electron chi connectivity index (χ1n) is 7.69. The molecule has 22 heavy (non-hydrogen) atoms. The smallest absolute Gasteiger partial charge is 0.246 e. The number of likely N-dealkylation sites (tertiary alicyclic amines) is 1. The minimum atomic E-state index is 0.0318. The van der Waals surface area contributed by atoms with Crippen LogP contribution in [0.15, 0.2) is 42.6 Å². The normalized spacial score (nSPS) is 16.5. The number of aromatic nitrogens is 1. The van der Waals surface area contributed by atoms with Crippen molar-refractivity contribution in [3.05, 3.63) is 48.2 Å². The van der Waals surface area contributed by atoms with Crippen molar-refractivity contribution in [2.45, 2.75) is 12.8 Å². The number of pyridine rings is 1. The molecule has 2 heterocycles. The van der Waals surface area contributed by atoms with Gasteiger partial charge in [-0.05, 0) is 30.9 Å². The van der Waals surface area contributed by atoms with Gasteiger partial charge in [0.05, 0.1) is 5.52 Å². The number of hydrogen-bond acceptors (Lipinski definition) is 3. The van der Waals surface area contributed by atoms with Crippen LogP contribution >= 0.6 is 0 Å². The molecule has 0 aliphatic carbocycles. The molecule has 0 unspecified atom stereocenters. The molecule has 1 aromatic carbocycles. The lowest BCUT2D eigenvalue weighted by atomic mass is 9.98. The van der Waals surface area contributed by atoms with Crippen LogP contribution in [0.2, 0.25) is 0 Å². The van der Waals surface area contributed by atoms with Crippen LogP contribution in [0.25, 0.3) is 17.0 Å². The lowest BCUT2D eigenvalue weighted by Crippen LogP contribution is -2.38. The quantitative estimate of drug-likeness (QED) is 0.885. The Kier molecular flexibility index (Phi) is 4.49. The maximum atomic E-state index is 12.3. The SMILES string of the molecule is O=C(/C=C/c1cccc2cccnc12)N1CCC(CO)CC1. The molecule has 0 radical (unpaired) electrons. The number of carbonyl (C=O) groups excluding carboxylic acids is 1. The van der Waals surface area contributed by atoms with Crippen molar-refractivity contribution < 1.29 is 9.90 Å². The molecule has 114 valence electrons. The van der Waals surface area contributed by atoms with E-state index in [0.717, 1.165) is 42.4 Å². The summed E-state index contributed by atoms with van der Waals surface area (Å²) in [5, 5.41) is 10.2. The number of aliphatic hydroxyl groups is 1. The van der Waals surface area contributed by atoms with Crippen LogP contribution in [-0.2, 0) is 4.79 Å². The number of para-hydroxylation sites is 1. The van der Waals surface area contributed by atoms with Gasteiger partial charge in [-0.1, -0.05) is 24.3 Å². The summed E-state index contributed by atoms with van der Waals surface area (Å²) >= 11 is 0. The number of fused-ring (bicyclic) bond motifs is 1. The highest BCUT2D eigenvalue weighted by atomic mass is 16.3. The number of nitrogens with zero attached hydrogens (tertiary/aromatic N) is 2. The second-order valence-corrected chi connectivity index (χ2v) is 5.71. The lowest BCUT2D eigenvalue weighted by molar-refractivity contribution is -0.127. The van der Waals surface area contributed by atoms with E-state index in [1.165, 1.54) is 0 Å². The van der Waals surface area contributed by atoms with Gasteiger partial charge in [-0.15, -0.1) is 0 Å². The van der Waals surface area contributed by atoms with Gasteiger partial charge >= 0.3 is 0 Å². The van der Waals surface area contributed by atoms with Crippen LogP contribution in [0.1, 0.15) is 18.4 Å². The number of piperidine rings is 1. The monoisotopic (exact) mass is 296 g/mol. The second kappa shape index (κ2) is 6.71. The van der Waals surface area contributed by atoms with Gasteiger partial charge in [0.15, 0.2) is 0 Å². The lowest BCUT2D eigenvalue weighted by Gasteiger charge is -2.30. The van der Waals surface area contributed by atoms with Crippen molar-refractivity contribution in [1.29, 1.82) is 0 Å². The molecule has 0 atom stereocenters. The maximum Gasteiger partial charge on any atom is 0.246 e. The minimum absolute atomic E-state index is 0.0318. The zero-order valence-corrected chi connectivity index (χ0v) is 12.5. The second-order valence-electron chi connectivity index (χ2n) is 5.71. The molecule has 4 heteroatoms. The Hall–Kier alpha value is -2.20. The van der Waals surface area contributed by atoms with E-state index in [1.807, 2.05) is 41.3 Å². The molecular weight excluding hydrogens is 276 g/mol. The number of rotatable bonds is 3. The summed E-state index contributed by atoms with van der Waals surface area (Å²) in [5.41, 5.74) is 1.87. The van der Waals surface area contributed by atoms with Crippen molar-refractivity contribution >= 4 is 22.9 Å². The summed E-state index contributed by atoms with van der Waals surface area (Å²) in [6.07, 6.45) is 7.00. The molecule has 1 aromatic heterocycles. The van der Waals surface area contributed by atoms with Gasteiger partial charge in [0.2, 0.25) is 5.91 Å². The van der Waals surface area contributed by atoms with E-state index >= 15 is 0 Å². The average Bonchev–Trinajstić information content (AvgIpc) is 2.59. The molecule has 3 rings (SSSR count). The van der Waals surface area contributed by atoms with Crippen molar-refractivity contribution in [1.82, 2.24) is 9.88 Å². The van der Waals surface area contributed by atoms with Gasteiger partial charge in [0.1, 0.15) is 0 Å². The topological polar surface area (TPSA) is 53.4 Å². The highest BCUT2D eigenvalue weighted by molar-refractivity contribution is 5.95. The van der Waals surface area contributed by atoms with E-state index in [1.54, 1.807) is 12.3 Å². The van der Waals surface area contributed by atoms with Crippen LogP contribution in [0.5, 0.6) is 0 Å². The number of carbonyl (C=O) groups is 1. The Morgan fingerprint density at radius 1 is 1.27 bits per heavy atom. The van der Waals surface area contributed by atoms with Crippen LogP contribution < -0.4 is 0 Å². The van der Waals surface area contributed by atoms with Gasteiger partial charge in [-0.25, -0.2) is 0 Å². The third kappa shape index (κ3) is 3.17. The Bertz CT molecular complexity index is 683. The zero-order valence-electron chi connectivity index (χ0n) is 12.5. The first kappa shape index (κ1) is 14.7. The molecular formula is C18H20N2O2. The van der Waals surface area contributed by atoms with E-state index in [4.69, 9.17) is 5.11 Å². The maximum absolute atomic E-state index is 12.3. The fourth-order valence-electron chi connectivity index (χ4n) is 2.86. The average molecular weight is 296 g/mol. The predicted molar refractivity (Wildman–Crippen MR) is 87.2 cm³/mol. The first-order chi connectivity index (χ1) is 10.8. The highest BCUT2D eigenvalue weighted by Crippen LogP contribution is 2.19. The van der Waals surface area contributed by atoms with E-state index in [0.29, 0.717) is 5.92 Å². The van der Waals surface area contributed by atoms with E-state index in [-0.39, 0.29) is 12.5 Å². The molecule has 0 bridgehead atoms. The zero-order chi connectivity index (χ0) is 15.4. The summed E-state index contributed by atoms with van der Waals surface area (Å²) in [6, 6.07) is 9.88. The third-order valence-corrected chi connectivity index (χ3v) is 4.25. The molecule has 1 amide bonds. The predicted octanol–water partition coefficient (Wildman–Crippen LogP) is 2.48. The molecule has 1 saturated heterocycles. The van der Waals surface area contributed by atoms with E-state index in [9.17, 15) is 4.79 Å². The summed E-state index contributed by atoms with van der Waals surface area (Å²) in [5.74, 6) is 0.375. The van der Waals surface area contributed by atoms with Gasteiger partial charge in [-0.3, -0.25) is 9.78 Å².